The number of nitrogens with zero attached hydrogens (tertiary/aromatic N) is 2. The first-order chi connectivity index (χ1) is 7.92. The molecule has 2 fully saturated rings. The molecule has 0 spiro atoms. The van der Waals surface area contributed by atoms with Crippen molar-refractivity contribution in [2.45, 2.75) is 6.17 Å². The van der Waals surface area contributed by atoms with Crippen LogP contribution >= 0.6 is 0 Å². The van der Waals surface area contributed by atoms with E-state index >= 15 is 0 Å². The number of methoxy groups -OCH3 is 1. The van der Waals surface area contributed by atoms with E-state index in [9.17, 15) is 0 Å². The van der Waals surface area contributed by atoms with Gasteiger partial charge in [0.1, 0.15) is 0 Å². The van der Waals surface area contributed by atoms with Crippen LogP contribution in [-0.4, -0.2) is 82.0 Å². The summed E-state index contributed by atoms with van der Waals surface area (Å²) < 4.78 is 5.19. The summed E-state index contributed by atoms with van der Waals surface area (Å²) in [5.74, 6) is 0. The van der Waals surface area contributed by atoms with E-state index in [1.807, 2.05) is 0 Å². The van der Waals surface area contributed by atoms with Crippen molar-refractivity contribution in [2.24, 2.45) is 0 Å². The van der Waals surface area contributed by atoms with Crippen molar-refractivity contribution in [1.82, 2.24) is 20.4 Å². The Labute approximate surface area is 98.1 Å². The van der Waals surface area contributed by atoms with Crippen molar-refractivity contribution >= 4 is 0 Å². The van der Waals surface area contributed by atoms with Gasteiger partial charge in [-0.15, -0.1) is 0 Å². The van der Waals surface area contributed by atoms with Gasteiger partial charge < -0.3 is 15.4 Å². The lowest BCUT2D eigenvalue weighted by Gasteiger charge is -2.44. The molecule has 2 rings (SSSR count). The minimum absolute atomic E-state index is 0.561. The largest absolute Gasteiger partial charge is 0.383 e. The molecule has 94 valence electrons. The molecule has 2 aliphatic rings. The SMILES string of the molecule is COCCN1CCNCC1N1CCNCC1. The molecule has 0 saturated carbocycles. The topological polar surface area (TPSA) is 39.8 Å². The standard InChI is InChI=1S/C11H24N4O/c1-16-9-8-15-7-4-13-10-11(15)14-5-2-12-3-6-14/h11-13H,2-10H2,1H3. The number of piperazine rings is 2. The van der Waals surface area contributed by atoms with Crippen LogP contribution in [0.5, 0.6) is 0 Å². The molecular formula is C11H24N4O. The van der Waals surface area contributed by atoms with Gasteiger partial charge in [-0.3, -0.25) is 9.80 Å². The lowest BCUT2D eigenvalue weighted by Crippen LogP contribution is -2.62. The maximum Gasteiger partial charge on any atom is 0.0753 e. The predicted octanol–water partition coefficient (Wildman–Crippen LogP) is -1.23. The van der Waals surface area contributed by atoms with E-state index in [4.69, 9.17) is 4.74 Å². The second kappa shape index (κ2) is 6.51. The summed E-state index contributed by atoms with van der Waals surface area (Å²) in [6, 6.07) is 0. The fourth-order valence-electron chi connectivity index (χ4n) is 2.54. The number of rotatable bonds is 4. The molecule has 2 heterocycles. The van der Waals surface area contributed by atoms with Gasteiger partial charge in [-0.2, -0.15) is 0 Å². The van der Waals surface area contributed by atoms with Crippen LogP contribution in [0, 0.1) is 0 Å². The van der Waals surface area contributed by atoms with Crippen LogP contribution in [0.25, 0.3) is 0 Å². The van der Waals surface area contributed by atoms with Gasteiger partial charge in [0.05, 0.1) is 12.8 Å². The minimum Gasteiger partial charge on any atom is -0.383 e. The Morgan fingerprint density at radius 1 is 1.12 bits per heavy atom. The monoisotopic (exact) mass is 228 g/mol. The second-order valence-electron chi connectivity index (χ2n) is 4.50. The summed E-state index contributed by atoms with van der Waals surface area (Å²) in [4.78, 5) is 5.13. The molecule has 16 heavy (non-hydrogen) atoms. The molecule has 0 aliphatic carbocycles. The van der Waals surface area contributed by atoms with Crippen LogP contribution in [0.3, 0.4) is 0 Å². The molecule has 0 aromatic carbocycles. The normalized spacial score (nSPS) is 29.4. The quantitative estimate of drug-likeness (QED) is 0.630. The molecule has 2 N–H and O–H groups in total. The molecule has 0 radical (unpaired) electrons. The summed E-state index contributed by atoms with van der Waals surface area (Å²) in [7, 11) is 1.78. The third kappa shape index (κ3) is 3.15. The van der Waals surface area contributed by atoms with Gasteiger partial charge in [-0.1, -0.05) is 0 Å². The van der Waals surface area contributed by atoms with Crippen LogP contribution in [0.4, 0.5) is 0 Å². The highest BCUT2D eigenvalue weighted by Gasteiger charge is 2.28. The van der Waals surface area contributed by atoms with E-state index < -0.39 is 0 Å². The second-order valence-corrected chi connectivity index (χ2v) is 4.50. The van der Waals surface area contributed by atoms with Gasteiger partial charge in [-0.05, 0) is 0 Å². The molecule has 1 unspecified atom stereocenters. The third-order valence-electron chi connectivity index (χ3n) is 3.48. The van der Waals surface area contributed by atoms with E-state index in [0.717, 1.165) is 59.0 Å². The lowest BCUT2D eigenvalue weighted by molar-refractivity contribution is 0.00336. The molecule has 0 aromatic heterocycles. The van der Waals surface area contributed by atoms with Crippen LogP contribution in [0.15, 0.2) is 0 Å². The fourth-order valence-corrected chi connectivity index (χ4v) is 2.54. The van der Waals surface area contributed by atoms with Gasteiger partial charge in [0, 0.05) is 59.5 Å². The highest BCUT2D eigenvalue weighted by molar-refractivity contribution is 4.83. The number of hydrogen-bond acceptors (Lipinski definition) is 5. The Bertz CT molecular complexity index is 196. The van der Waals surface area contributed by atoms with Gasteiger partial charge in [0.25, 0.3) is 0 Å². The van der Waals surface area contributed by atoms with Crippen molar-refractivity contribution < 1.29 is 4.74 Å². The average molecular weight is 228 g/mol. The van der Waals surface area contributed by atoms with E-state index in [2.05, 4.69) is 20.4 Å². The summed E-state index contributed by atoms with van der Waals surface area (Å²) in [5, 5.41) is 6.90. The average Bonchev–Trinajstić information content (AvgIpc) is 2.38. The minimum atomic E-state index is 0.561. The molecule has 2 aliphatic heterocycles. The zero-order valence-corrected chi connectivity index (χ0v) is 10.2. The lowest BCUT2D eigenvalue weighted by atomic mass is 10.2. The van der Waals surface area contributed by atoms with E-state index in [1.165, 1.54) is 0 Å². The maximum atomic E-state index is 5.19. The Hall–Kier alpha value is -0.200. The van der Waals surface area contributed by atoms with Gasteiger partial charge >= 0.3 is 0 Å². The van der Waals surface area contributed by atoms with E-state index in [0.29, 0.717) is 6.17 Å². The number of hydrogen-bond donors (Lipinski definition) is 2. The van der Waals surface area contributed by atoms with Crippen LogP contribution in [0.1, 0.15) is 0 Å². The number of nitrogens with one attached hydrogen (secondary N) is 2. The molecule has 5 heteroatoms. The van der Waals surface area contributed by atoms with Gasteiger partial charge in [0.15, 0.2) is 0 Å². The molecule has 0 aromatic rings. The molecule has 0 amide bonds. The molecule has 2 saturated heterocycles. The van der Waals surface area contributed by atoms with Gasteiger partial charge in [0.2, 0.25) is 0 Å². The molecule has 5 nitrogen and oxygen atoms in total. The molecular weight excluding hydrogens is 204 g/mol. The van der Waals surface area contributed by atoms with Crippen molar-refractivity contribution in [3.63, 3.8) is 0 Å². The summed E-state index contributed by atoms with van der Waals surface area (Å²) in [6.07, 6.45) is 0.561. The van der Waals surface area contributed by atoms with Crippen LogP contribution in [-0.2, 0) is 4.74 Å². The first kappa shape index (κ1) is 12.3. The fraction of sp³-hybridized carbons (Fsp3) is 1.00. The van der Waals surface area contributed by atoms with Crippen molar-refractivity contribution in [3.8, 4) is 0 Å². The Morgan fingerprint density at radius 2 is 1.88 bits per heavy atom. The third-order valence-corrected chi connectivity index (χ3v) is 3.48. The van der Waals surface area contributed by atoms with Crippen LogP contribution in [0.2, 0.25) is 0 Å². The Morgan fingerprint density at radius 3 is 2.62 bits per heavy atom. The Kier molecular flexibility index (Phi) is 4.99. The number of ether oxygens (including phenoxy) is 1. The zero-order valence-electron chi connectivity index (χ0n) is 10.2. The highest BCUT2D eigenvalue weighted by atomic mass is 16.5. The summed E-state index contributed by atoms with van der Waals surface area (Å²) >= 11 is 0. The summed E-state index contributed by atoms with van der Waals surface area (Å²) in [5.41, 5.74) is 0. The van der Waals surface area contributed by atoms with Crippen molar-refractivity contribution in [3.05, 3.63) is 0 Å². The molecule has 0 bridgehead atoms. The van der Waals surface area contributed by atoms with Crippen molar-refractivity contribution in [2.75, 3.05) is 66.1 Å². The maximum absolute atomic E-state index is 5.19. The smallest absolute Gasteiger partial charge is 0.0753 e. The van der Waals surface area contributed by atoms with Crippen molar-refractivity contribution in [1.29, 1.82) is 0 Å². The highest BCUT2D eigenvalue weighted by Crippen LogP contribution is 2.09. The predicted molar refractivity (Wildman–Crippen MR) is 64.5 cm³/mol. The first-order valence-electron chi connectivity index (χ1n) is 6.30. The van der Waals surface area contributed by atoms with E-state index in [-0.39, 0.29) is 0 Å². The summed E-state index contributed by atoms with van der Waals surface area (Å²) in [6.45, 7) is 9.78. The molecule has 1 atom stereocenters. The van der Waals surface area contributed by atoms with Gasteiger partial charge in [-0.25, -0.2) is 0 Å². The van der Waals surface area contributed by atoms with E-state index in [1.54, 1.807) is 7.11 Å². The first-order valence-corrected chi connectivity index (χ1v) is 6.30. The Balaban J connectivity index is 1.86. The zero-order chi connectivity index (χ0) is 11.2. The van der Waals surface area contributed by atoms with Crippen LogP contribution < -0.4 is 10.6 Å².